The fourth-order valence-corrected chi connectivity index (χ4v) is 2.79. The summed E-state index contributed by atoms with van der Waals surface area (Å²) < 4.78 is 37.6. The van der Waals surface area contributed by atoms with Gasteiger partial charge in [0.2, 0.25) is 0 Å². The maximum absolute atomic E-state index is 12.7. The first-order valence-corrected chi connectivity index (χ1v) is 8.51. The van der Waals surface area contributed by atoms with Crippen molar-refractivity contribution in [3.8, 4) is 11.8 Å². The van der Waals surface area contributed by atoms with Gasteiger partial charge >= 0.3 is 6.61 Å². The van der Waals surface area contributed by atoms with E-state index in [1.807, 2.05) is 18.4 Å². The summed E-state index contributed by atoms with van der Waals surface area (Å²) in [5.41, 5.74) is 2.54. The third kappa shape index (κ3) is 4.41. The van der Waals surface area contributed by atoms with Crippen molar-refractivity contribution in [3.63, 3.8) is 0 Å². The number of halogens is 2. The molecular formula is C20H19F2N3O2. The van der Waals surface area contributed by atoms with Gasteiger partial charge in [0, 0.05) is 5.56 Å². The van der Waals surface area contributed by atoms with Crippen molar-refractivity contribution in [2.75, 3.05) is 0 Å². The fourth-order valence-electron chi connectivity index (χ4n) is 2.79. The maximum Gasteiger partial charge on any atom is 0.387 e. The second-order valence-corrected chi connectivity index (χ2v) is 6.28. The molecule has 0 saturated heterocycles. The van der Waals surface area contributed by atoms with Crippen LogP contribution < -0.4 is 4.74 Å². The van der Waals surface area contributed by atoms with Crippen LogP contribution in [-0.4, -0.2) is 22.3 Å². The average molecular weight is 371 g/mol. The van der Waals surface area contributed by atoms with Crippen molar-refractivity contribution in [1.82, 2.24) is 9.55 Å². The molecule has 0 unspecified atom stereocenters. The highest BCUT2D eigenvalue weighted by Crippen LogP contribution is 2.25. The molecule has 0 aliphatic heterocycles. The lowest BCUT2D eigenvalue weighted by molar-refractivity contribution is -0.0505. The minimum Gasteiger partial charge on any atom is -0.434 e. The Labute approximate surface area is 155 Å². The Kier molecular flexibility index (Phi) is 5.67. The monoisotopic (exact) mass is 371 g/mol. The summed E-state index contributed by atoms with van der Waals surface area (Å²) in [6.07, 6.45) is 0.0161. The van der Waals surface area contributed by atoms with E-state index >= 15 is 0 Å². The number of aromatic nitrogens is 2. The molecule has 5 nitrogen and oxygen atoms in total. The Morgan fingerprint density at radius 3 is 2.67 bits per heavy atom. The molecule has 0 aliphatic carbocycles. The quantitative estimate of drug-likeness (QED) is 0.614. The Bertz CT molecular complexity index is 977. The molecular weight excluding hydrogens is 352 g/mol. The van der Waals surface area contributed by atoms with Gasteiger partial charge in [0.25, 0.3) is 0 Å². The summed E-state index contributed by atoms with van der Waals surface area (Å²) in [6.45, 7) is 1.48. The molecule has 140 valence electrons. The van der Waals surface area contributed by atoms with Crippen LogP contribution in [0.1, 0.15) is 30.8 Å². The lowest BCUT2D eigenvalue weighted by atomic mass is 10.2. The molecule has 2 aromatic carbocycles. The van der Waals surface area contributed by atoms with Crippen LogP contribution in [0, 0.1) is 11.3 Å². The van der Waals surface area contributed by atoms with Crippen molar-refractivity contribution in [2.24, 2.45) is 0 Å². The minimum absolute atomic E-state index is 0.0161. The van der Waals surface area contributed by atoms with E-state index in [1.54, 1.807) is 36.4 Å². The number of fused-ring (bicyclic) bond motifs is 1. The van der Waals surface area contributed by atoms with Gasteiger partial charge < -0.3 is 14.0 Å². The van der Waals surface area contributed by atoms with E-state index < -0.39 is 6.61 Å². The van der Waals surface area contributed by atoms with Gasteiger partial charge in [0.05, 0.1) is 35.3 Å². The van der Waals surface area contributed by atoms with Gasteiger partial charge in [-0.05, 0) is 38.1 Å². The zero-order chi connectivity index (χ0) is 19.4. The maximum atomic E-state index is 12.7. The Hall–Kier alpha value is -2.98. The van der Waals surface area contributed by atoms with Crippen LogP contribution >= 0.6 is 0 Å². The van der Waals surface area contributed by atoms with Crippen molar-refractivity contribution in [3.05, 3.63) is 59.4 Å². The Morgan fingerprint density at radius 2 is 1.96 bits per heavy atom. The van der Waals surface area contributed by atoms with Crippen LogP contribution in [-0.2, 0) is 17.9 Å². The van der Waals surface area contributed by atoms with Crippen LogP contribution in [0.25, 0.3) is 11.0 Å². The topological polar surface area (TPSA) is 60.1 Å². The summed E-state index contributed by atoms with van der Waals surface area (Å²) >= 11 is 0. The fraction of sp³-hybridized carbons (Fsp3) is 0.300. The summed E-state index contributed by atoms with van der Waals surface area (Å²) in [4.78, 5) is 4.59. The largest absolute Gasteiger partial charge is 0.434 e. The molecule has 0 fully saturated rings. The molecule has 0 saturated carbocycles. The first-order chi connectivity index (χ1) is 13.0. The molecule has 0 spiro atoms. The number of ether oxygens (including phenoxy) is 2. The summed E-state index contributed by atoms with van der Waals surface area (Å²) in [7, 11) is 0. The van der Waals surface area contributed by atoms with E-state index in [2.05, 4.69) is 15.8 Å². The standard InChI is InChI=1S/C20H19F2N3O2/c1-13(2)26-12-19-24-16-8-7-14(10-23)9-17(16)25(19)11-15-5-3-4-6-18(15)27-20(21)22/h3-9,13,20H,11-12H2,1-2H3. The van der Waals surface area contributed by atoms with Crippen molar-refractivity contribution in [1.29, 1.82) is 5.26 Å². The molecule has 0 N–H and O–H groups in total. The number of rotatable bonds is 7. The first-order valence-electron chi connectivity index (χ1n) is 8.51. The Balaban J connectivity index is 2.06. The van der Waals surface area contributed by atoms with Crippen LogP contribution in [0.3, 0.4) is 0 Å². The molecule has 0 amide bonds. The van der Waals surface area contributed by atoms with Crippen molar-refractivity contribution in [2.45, 2.75) is 39.7 Å². The third-order valence-corrected chi connectivity index (χ3v) is 4.02. The van der Waals surface area contributed by atoms with E-state index in [4.69, 9.17) is 4.74 Å². The first kappa shape index (κ1) is 18.8. The highest BCUT2D eigenvalue weighted by molar-refractivity contribution is 5.78. The summed E-state index contributed by atoms with van der Waals surface area (Å²) in [6, 6.07) is 13.9. The van der Waals surface area contributed by atoms with Crippen LogP contribution in [0.5, 0.6) is 5.75 Å². The molecule has 0 radical (unpaired) electrons. The van der Waals surface area contributed by atoms with Gasteiger partial charge in [-0.25, -0.2) is 4.98 Å². The van der Waals surface area contributed by atoms with Gasteiger partial charge in [0.15, 0.2) is 0 Å². The number of nitrogens with zero attached hydrogens (tertiary/aromatic N) is 3. The number of hydrogen-bond acceptors (Lipinski definition) is 4. The lowest BCUT2D eigenvalue weighted by Crippen LogP contribution is -2.11. The van der Waals surface area contributed by atoms with E-state index in [9.17, 15) is 14.0 Å². The predicted octanol–water partition coefficient (Wildman–Crippen LogP) is 4.48. The van der Waals surface area contributed by atoms with E-state index in [0.717, 1.165) is 5.52 Å². The van der Waals surface area contributed by atoms with Gasteiger partial charge in [0.1, 0.15) is 18.2 Å². The van der Waals surface area contributed by atoms with Gasteiger partial charge in [-0.2, -0.15) is 14.0 Å². The van der Waals surface area contributed by atoms with Gasteiger partial charge in [-0.1, -0.05) is 18.2 Å². The highest BCUT2D eigenvalue weighted by atomic mass is 19.3. The van der Waals surface area contributed by atoms with Gasteiger partial charge in [-0.3, -0.25) is 0 Å². The smallest absolute Gasteiger partial charge is 0.387 e. The van der Waals surface area contributed by atoms with E-state index in [-0.39, 0.29) is 25.0 Å². The van der Waals surface area contributed by atoms with Crippen LogP contribution in [0.15, 0.2) is 42.5 Å². The normalized spacial score (nSPS) is 11.3. The zero-order valence-electron chi connectivity index (χ0n) is 15.0. The second-order valence-electron chi connectivity index (χ2n) is 6.28. The number of nitriles is 1. The highest BCUT2D eigenvalue weighted by Gasteiger charge is 2.16. The SMILES string of the molecule is CC(C)OCc1nc2ccc(C#N)cc2n1Cc1ccccc1OC(F)F. The molecule has 27 heavy (non-hydrogen) atoms. The van der Waals surface area contributed by atoms with Crippen molar-refractivity contribution < 1.29 is 18.3 Å². The average Bonchev–Trinajstić information content (AvgIpc) is 2.98. The number of alkyl halides is 2. The molecule has 0 bridgehead atoms. The number of para-hydroxylation sites is 1. The number of benzene rings is 2. The third-order valence-electron chi connectivity index (χ3n) is 4.02. The van der Waals surface area contributed by atoms with E-state index in [0.29, 0.717) is 22.5 Å². The van der Waals surface area contributed by atoms with E-state index in [1.165, 1.54) is 6.07 Å². The summed E-state index contributed by atoms with van der Waals surface area (Å²) in [5, 5.41) is 9.20. The second kappa shape index (κ2) is 8.14. The lowest BCUT2D eigenvalue weighted by Gasteiger charge is -2.14. The molecule has 7 heteroatoms. The molecule has 0 aliphatic rings. The van der Waals surface area contributed by atoms with Crippen LogP contribution in [0.2, 0.25) is 0 Å². The number of imidazole rings is 1. The molecule has 3 rings (SSSR count). The molecule has 0 atom stereocenters. The predicted molar refractivity (Wildman–Crippen MR) is 96.5 cm³/mol. The number of hydrogen-bond donors (Lipinski definition) is 0. The molecule has 1 heterocycles. The van der Waals surface area contributed by atoms with Gasteiger partial charge in [-0.15, -0.1) is 0 Å². The Morgan fingerprint density at radius 1 is 1.19 bits per heavy atom. The van der Waals surface area contributed by atoms with Crippen LogP contribution in [0.4, 0.5) is 8.78 Å². The molecule has 1 aromatic heterocycles. The minimum atomic E-state index is -2.90. The summed E-state index contributed by atoms with van der Waals surface area (Å²) in [5.74, 6) is 0.766. The van der Waals surface area contributed by atoms with Crippen molar-refractivity contribution >= 4 is 11.0 Å². The molecule has 3 aromatic rings. The zero-order valence-corrected chi connectivity index (χ0v) is 15.0.